The van der Waals surface area contributed by atoms with Crippen LogP contribution in [0.15, 0.2) is 35.6 Å². The van der Waals surface area contributed by atoms with Crippen LogP contribution < -0.4 is 5.32 Å². The van der Waals surface area contributed by atoms with Gasteiger partial charge in [-0.25, -0.2) is 0 Å². The van der Waals surface area contributed by atoms with E-state index in [-0.39, 0.29) is 0 Å². The van der Waals surface area contributed by atoms with Crippen LogP contribution in [0.4, 0.5) is 0 Å². The van der Waals surface area contributed by atoms with Gasteiger partial charge in [-0.15, -0.1) is 0 Å². The minimum Gasteiger partial charge on any atom is -0.387 e. The molecule has 0 fully saturated rings. The van der Waals surface area contributed by atoms with E-state index in [4.69, 9.17) is 23.5 Å². The van der Waals surface area contributed by atoms with Gasteiger partial charge in [0.05, 0.1) is 11.2 Å². The van der Waals surface area contributed by atoms with Crippen LogP contribution >= 0.6 is 0 Å². The van der Waals surface area contributed by atoms with E-state index in [1.54, 1.807) is 27.7 Å². The van der Waals surface area contributed by atoms with E-state index in [0.29, 0.717) is 0 Å². The fourth-order valence-electron chi connectivity index (χ4n) is 0.670. The van der Waals surface area contributed by atoms with Crippen molar-refractivity contribution >= 4 is 14.6 Å². The molecule has 0 bridgehead atoms. The van der Waals surface area contributed by atoms with Crippen molar-refractivity contribution in [2.24, 2.45) is 0 Å². The smallest absolute Gasteiger partial charge is 0.113 e. The fourth-order valence-corrected chi connectivity index (χ4v) is 0.670. The lowest BCUT2D eigenvalue weighted by atomic mass is 9.90. The van der Waals surface area contributed by atoms with Crippen LogP contribution in [-0.4, -0.2) is 36.0 Å². The Labute approximate surface area is 117 Å². The summed E-state index contributed by atoms with van der Waals surface area (Å²) in [5, 5.41) is 26.7. The van der Waals surface area contributed by atoms with Crippen LogP contribution in [0.1, 0.15) is 34.6 Å². The molecule has 106 valence electrons. The number of aliphatic hydroxyl groups is 2. The molecule has 1 aliphatic rings. The van der Waals surface area contributed by atoms with Crippen molar-refractivity contribution < 1.29 is 10.2 Å². The maximum Gasteiger partial charge on any atom is 0.113 e. The molecule has 0 aromatic heterocycles. The van der Waals surface area contributed by atoms with Crippen LogP contribution in [0.2, 0.25) is 0 Å². The van der Waals surface area contributed by atoms with Gasteiger partial charge in [0.15, 0.2) is 0 Å². The quantitative estimate of drug-likeness (QED) is 0.431. The van der Waals surface area contributed by atoms with E-state index in [1.165, 1.54) is 0 Å². The monoisotopic (exact) mass is 264 g/mol. The normalized spacial score (nSPS) is 16.4. The number of hydrogen-bond acceptors (Lipinski definition) is 4. The Morgan fingerprint density at radius 2 is 1.63 bits per heavy atom. The van der Waals surface area contributed by atoms with Crippen molar-refractivity contribution in [3.8, 4) is 0 Å². The van der Waals surface area contributed by atoms with Crippen molar-refractivity contribution in [1.29, 1.82) is 5.41 Å². The summed E-state index contributed by atoms with van der Waals surface area (Å²) in [7, 11) is 5.49. The van der Waals surface area contributed by atoms with Gasteiger partial charge >= 0.3 is 0 Å². The number of allylic oxidation sites excluding steroid dienone is 4. The lowest BCUT2D eigenvalue weighted by Gasteiger charge is -2.31. The summed E-state index contributed by atoms with van der Waals surface area (Å²) >= 11 is 0. The molecule has 1 heterocycles. The van der Waals surface area contributed by atoms with Gasteiger partial charge in [-0.3, -0.25) is 0 Å². The van der Waals surface area contributed by atoms with E-state index < -0.39 is 11.2 Å². The standard InChI is InChI=1S/C7H8BN.C6H14O2.CH3N/c1-2-7-5-6(8)3-4-9-7;1-5(2,7)6(3,4)8;1-2/h2-5,9H,1H3;7-8H,1-4H3;2H,1H2/b7-2-;;. The zero-order chi connectivity index (χ0) is 15.7. The first-order chi connectivity index (χ1) is 8.58. The highest BCUT2D eigenvalue weighted by atomic mass is 16.3. The van der Waals surface area contributed by atoms with Gasteiger partial charge in [-0.2, -0.15) is 0 Å². The van der Waals surface area contributed by atoms with Crippen LogP contribution in [-0.2, 0) is 0 Å². The average molecular weight is 264 g/mol. The second-order valence-electron chi connectivity index (χ2n) is 4.98. The predicted octanol–water partition coefficient (Wildman–Crippen LogP) is 1.85. The van der Waals surface area contributed by atoms with Crippen molar-refractivity contribution in [3.63, 3.8) is 0 Å². The summed E-state index contributed by atoms with van der Waals surface area (Å²) in [6.07, 6.45) is 7.51. The maximum absolute atomic E-state index is 9.10. The maximum atomic E-state index is 9.10. The van der Waals surface area contributed by atoms with Crippen LogP contribution in [0.3, 0.4) is 0 Å². The Kier molecular flexibility index (Phi) is 9.18. The fraction of sp³-hybridized carbons (Fsp3) is 0.500. The Bertz CT molecular complexity index is 335. The first-order valence-corrected chi connectivity index (χ1v) is 5.94. The highest BCUT2D eigenvalue weighted by Crippen LogP contribution is 2.19. The molecular weight excluding hydrogens is 239 g/mol. The summed E-state index contributed by atoms with van der Waals surface area (Å²) in [6.45, 7) is 10.8. The van der Waals surface area contributed by atoms with Crippen molar-refractivity contribution in [3.05, 3.63) is 35.6 Å². The molecule has 0 aromatic rings. The third-order valence-corrected chi connectivity index (χ3v) is 2.66. The molecule has 0 amide bonds. The molecule has 19 heavy (non-hydrogen) atoms. The van der Waals surface area contributed by atoms with Gasteiger partial charge in [-0.1, -0.05) is 17.6 Å². The third-order valence-electron chi connectivity index (χ3n) is 2.66. The van der Waals surface area contributed by atoms with Gasteiger partial charge in [0.1, 0.15) is 7.85 Å². The molecule has 4 nitrogen and oxygen atoms in total. The molecule has 1 aliphatic heterocycles. The van der Waals surface area contributed by atoms with Crippen LogP contribution in [0.5, 0.6) is 0 Å². The number of hydrogen-bond donors (Lipinski definition) is 4. The molecule has 0 aliphatic carbocycles. The summed E-state index contributed by atoms with van der Waals surface area (Å²) in [5.74, 6) is 0. The highest BCUT2D eigenvalue weighted by Gasteiger charge is 2.31. The van der Waals surface area contributed by atoms with E-state index in [0.717, 1.165) is 11.2 Å². The third kappa shape index (κ3) is 9.28. The molecule has 4 N–H and O–H groups in total. The van der Waals surface area contributed by atoms with E-state index >= 15 is 0 Å². The lowest BCUT2D eigenvalue weighted by Crippen LogP contribution is -2.44. The average Bonchev–Trinajstić information content (AvgIpc) is 2.30. The van der Waals surface area contributed by atoms with Crippen LogP contribution in [0.25, 0.3) is 0 Å². The molecule has 5 heteroatoms. The first-order valence-electron chi connectivity index (χ1n) is 5.94. The topological polar surface area (TPSA) is 76.3 Å². The zero-order valence-electron chi connectivity index (χ0n) is 12.5. The van der Waals surface area contributed by atoms with Crippen LogP contribution in [0, 0.1) is 5.41 Å². The van der Waals surface area contributed by atoms with Crippen molar-refractivity contribution in [1.82, 2.24) is 5.32 Å². The number of nitrogens with one attached hydrogen (secondary N) is 2. The summed E-state index contributed by atoms with van der Waals surface area (Å²) in [6, 6.07) is 0. The van der Waals surface area contributed by atoms with E-state index in [1.807, 2.05) is 31.4 Å². The van der Waals surface area contributed by atoms with Gasteiger partial charge in [0.25, 0.3) is 0 Å². The number of dihydropyridines is 1. The lowest BCUT2D eigenvalue weighted by molar-refractivity contribution is -0.107. The molecular formula is C14H25BN2O2. The molecule has 0 saturated carbocycles. The Morgan fingerprint density at radius 1 is 1.21 bits per heavy atom. The van der Waals surface area contributed by atoms with Gasteiger partial charge < -0.3 is 20.9 Å². The predicted molar refractivity (Wildman–Crippen MR) is 82.3 cm³/mol. The van der Waals surface area contributed by atoms with Gasteiger partial charge in [0, 0.05) is 11.9 Å². The largest absolute Gasteiger partial charge is 0.387 e. The second-order valence-corrected chi connectivity index (χ2v) is 4.98. The van der Waals surface area contributed by atoms with Gasteiger partial charge in [0.2, 0.25) is 0 Å². The highest BCUT2D eigenvalue weighted by molar-refractivity contribution is 6.23. The molecule has 0 atom stereocenters. The second kappa shape index (κ2) is 8.72. The molecule has 0 saturated heterocycles. The number of rotatable bonds is 1. The first kappa shape index (κ1) is 20.0. The zero-order valence-corrected chi connectivity index (χ0v) is 12.5. The van der Waals surface area contributed by atoms with Crippen molar-refractivity contribution in [2.75, 3.05) is 0 Å². The summed E-state index contributed by atoms with van der Waals surface area (Å²) in [5.41, 5.74) is -0.170. The Hall–Kier alpha value is -1.33. The molecule has 1 rings (SSSR count). The minimum absolute atomic E-state index is 0.793. The SMILES string of the molecule is C=N.CC(C)(O)C(C)(C)O.[B]C1=C/C(=C/C)NC=C1. The molecule has 0 unspecified atom stereocenters. The molecule has 0 spiro atoms. The Balaban J connectivity index is 0. The minimum atomic E-state index is -1.01. The molecule has 0 aromatic carbocycles. The van der Waals surface area contributed by atoms with E-state index in [2.05, 4.69) is 12.0 Å². The van der Waals surface area contributed by atoms with Gasteiger partial charge in [-0.05, 0) is 47.4 Å². The Morgan fingerprint density at radius 3 is 1.84 bits per heavy atom. The summed E-state index contributed by atoms with van der Waals surface area (Å²) < 4.78 is 0. The van der Waals surface area contributed by atoms with Crippen molar-refractivity contribution in [2.45, 2.75) is 45.8 Å². The van der Waals surface area contributed by atoms with E-state index in [9.17, 15) is 0 Å². The summed E-state index contributed by atoms with van der Waals surface area (Å²) in [4.78, 5) is 0. The molecule has 2 radical (unpaired) electrons.